The molecule has 3 heteroatoms. The van der Waals surface area contributed by atoms with Gasteiger partial charge in [-0.3, -0.25) is 6.08 Å². The van der Waals surface area contributed by atoms with Crippen molar-refractivity contribution in [3.63, 3.8) is 0 Å². The maximum atomic E-state index is 4.16. The maximum Gasteiger partial charge on any atom is 4.00 e. The SMILES string of the molecule is C=CCCC[N-]CC.C=CCCC[N-]CC.C[C-](C)C.[C-]1=CC=CC1.[Zr+4]. The van der Waals surface area contributed by atoms with E-state index in [-0.39, 0.29) is 26.2 Å². The van der Waals surface area contributed by atoms with Crippen LogP contribution in [0.5, 0.6) is 0 Å². The van der Waals surface area contributed by atoms with Gasteiger partial charge in [0.05, 0.1) is 0 Å². The van der Waals surface area contributed by atoms with Crippen molar-refractivity contribution in [2.24, 2.45) is 0 Å². The van der Waals surface area contributed by atoms with E-state index in [2.05, 4.69) is 70.6 Å². The van der Waals surface area contributed by atoms with E-state index in [0.717, 1.165) is 58.3 Å². The summed E-state index contributed by atoms with van der Waals surface area (Å²) in [4.78, 5) is 0. The molecule has 0 saturated carbocycles. The quantitative estimate of drug-likeness (QED) is 0.191. The van der Waals surface area contributed by atoms with Crippen molar-refractivity contribution in [2.75, 3.05) is 26.2 Å². The average molecular weight is 438 g/mol. The van der Waals surface area contributed by atoms with Gasteiger partial charge in [0.25, 0.3) is 0 Å². The van der Waals surface area contributed by atoms with Gasteiger partial charge in [0.2, 0.25) is 0 Å². The third-order valence-corrected chi connectivity index (χ3v) is 2.48. The summed E-state index contributed by atoms with van der Waals surface area (Å²) in [5, 5.41) is 8.32. The third-order valence-electron chi connectivity index (χ3n) is 2.48. The zero-order valence-corrected chi connectivity index (χ0v) is 20.5. The molecule has 0 atom stereocenters. The maximum absolute atomic E-state index is 4.16. The molecule has 0 aromatic heterocycles. The van der Waals surface area contributed by atoms with E-state index in [1.54, 1.807) is 0 Å². The van der Waals surface area contributed by atoms with Gasteiger partial charge in [0.15, 0.2) is 0 Å². The summed E-state index contributed by atoms with van der Waals surface area (Å²) in [6.45, 7) is 21.5. The van der Waals surface area contributed by atoms with E-state index < -0.39 is 0 Å². The smallest absolute Gasteiger partial charge is 0.662 e. The van der Waals surface area contributed by atoms with Gasteiger partial charge in [-0.25, -0.2) is 12.2 Å². The summed E-state index contributed by atoms with van der Waals surface area (Å²) >= 11 is 0. The first-order valence-corrected chi connectivity index (χ1v) is 9.53. The van der Waals surface area contributed by atoms with Crippen LogP contribution in [0, 0.1) is 12.0 Å². The van der Waals surface area contributed by atoms with Crippen molar-refractivity contribution in [1.82, 2.24) is 0 Å². The molecule has 0 radical (unpaired) electrons. The minimum absolute atomic E-state index is 0. The number of hydrogen-bond acceptors (Lipinski definition) is 0. The summed E-state index contributed by atoms with van der Waals surface area (Å²) in [6, 6.07) is 0. The summed E-state index contributed by atoms with van der Waals surface area (Å²) in [6.07, 6.45) is 18.4. The molecule has 0 N–H and O–H groups in total. The summed E-state index contributed by atoms with van der Waals surface area (Å²) < 4.78 is 0. The Bertz CT molecular complexity index is 268. The van der Waals surface area contributed by atoms with Crippen LogP contribution in [0.1, 0.15) is 66.7 Å². The van der Waals surface area contributed by atoms with Crippen LogP contribution in [0.4, 0.5) is 0 Å². The molecule has 0 aliphatic heterocycles. The van der Waals surface area contributed by atoms with Gasteiger partial charge in [-0.15, -0.1) is 32.7 Å². The molecule has 0 unspecified atom stereocenters. The molecule has 1 aliphatic carbocycles. The third kappa shape index (κ3) is 56.5. The Hall–Kier alpha value is -0.237. The largest absolute Gasteiger partial charge is 4.00 e. The van der Waals surface area contributed by atoms with E-state index in [1.165, 1.54) is 5.92 Å². The number of unbranched alkanes of at least 4 members (excludes halogenated alkanes) is 2. The molecule has 26 heavy (non-hydrogen) atoms. The Labute approximate surface area is 184 Å². The summed E-state index contributed by atoms with van der Waals surface area (Å²) in [5.74, 6) is 1.42. The minimum atomic E-state index is 0. The van der Waals surface area contributed by atoms with Gasteiger partial charge in [-0.2, -0.15) is 39.9 Å². The molecule has 2 nitrogen and oxygen atoms in total. The Morgan fingerprint density at radius 3 is 1.58 bits per heavy atom. The number of nitrogens with zero attached hydrogens (tertiary/aromatic N) is 2. The molecule has 1 aliphatic rings. The van der Waals surface area contributed by atoms with Gasteiger partial charge in [-0.1, -0.05) is 38.8 Å². The minimum Gasteiger partial charge on any atom is -0.662 e. The molecule has 148 valence electrons. The van der Waals surface area contributed by atoms with Crippen molar-refractivity contribution in [3.8, 4) is 0 Å². The van der Waals surface area contributed by atoms with Crippen molar-refractivity contribution in [2.45, 2.75) is 66.7 Å². The van der Waals surface area contributed by atoms with Crippen LogP contribution in [0.2, 0.25) is 0 Å². The Balaban J connectivity index is -0.000000127. The molecule has 0 heterocycles. The van der Waals surface area contributed by atoms with Crippen molar-refractivity contribution in [3.05, 3.63) is 66.2 Å². The first kappa shape index (κ1) is 33.4. The molecular weight excluding hydrogens is 395 g/mol. The fourth-order valence-corrected chi connectivity index (χ4v) is 1.35. The zero-order valence-electron chi connectivity index (χ0n) is 18.1. The predicted molar refractivity (Wildman–Crippen MR) is 118 cm³/mol. The molecule has 0 aromatic rings. The van der Waals surface area contributed by atoms with Crippen molar-refractivity contribution in [1.29, 1.82) is 0 Å². The second-order valence-corrected chi connectivity index (χ2v) is 5.89. The van der Waals surface area contributed by atoms with Crippen molar-refractivity contribution < 1.29 is 26.2 Å². The summed E-state index contributed by atoms with van der Waals surface area (Å²) in [7, 11) is 0. The topological polar surface area (TPSA) is 28.2 Å². The fourth-order valence-electron chi connectivity index (χ4n) is 1.35. The van der Waals surface area contributed by atoms with Crippen molar-refractivity contribution >= 4 is 0 Å². The van der Waals surface area contributed by atoms with E-state index in [1.807, 2.05) is 24.3 Å². The van der Waals surface area contributed by atoms with Crippen LogP contribution in [0.15, 0.2) is 43.5 Å². The van der Waals surface area contributed by atoms with E-state index in [9.17, 15) is 0 Å². The van der Waals surface area contributed by atoms with E-state index >= 15 is 0 Å². The summed E-state index contributed by atoms with van der Waals surface area (Å²) in [5.41, 5.74) is 0. The van der Waals surface area contributed by atoms with Crippen LogP contribution in [0.3, 0.4) is 0 Å². The average Bonchev–Trinajstić information content (AvgIpc) is 3.16. The Morgan fingerprint density at radius 1 is 0.962 bits per heavy atom. The molecule has 0 bridgehead atoms. The molecule has 0 aromatic carbocycles. The molecule has 0 amide bonds. The van der Waals surface area contributed by atoms with Gasteiger partial charge in [0, 0.05) is 0 Å². The fraction of sp³-hybridized carbons (Fsp3) is 0.609. The van der Waals surface area contributed by atoms with Gasteiger partial charge in [-0.05, 0) is 12.8 Å². The number of rotatable bonds is 10. The van der Waals surface area contributed by atoms with Crippen LogP contribution in [-0.2, 0) is 26.2 Å². The molecular formula is C23H42N2Zr. The zero-order chi connectivity index (χ0) is 19.6. The number of allylic oxidation sites excluding steroid dienone is 6. The Morgan fingerprint density at radius 2 is 1.38 bits per heavy atom. The van der Waals surface area contributed by atoms with Gasteiger partial charge < -0.3 is 16.6 Å². The van der Waals surface area contributed by atoms with Crippen LogP contribution < -0.4 is 0 Å². The van der Waals surface area contributed by atoms with Gasteiger partial charge >= 0.3 is 26.2 Å². The first-order valence-electron chi connectivity index (χ1n) is 9.53. The monoisotopic (exact) mass is 436 g/mol. The van der Waals surface area contributed by atoms with Crippen LogP contribution in [-0.4, -0.2) is 26.2 Å². The molecule has 1 rings (SSSR count). The Kier molecular flexibility index (Phi) is 45.9. The molecule has 0 fully saturated rings. The van der Waals surface area contributed by atoms with E-state index in [4.69, 9.17) is 0 Å². The van der Waals surface area contributed by atoms with Gasteiger partial charge in [0.1, 0.15) is 0 Å². The molecule has 0 spiro atoms. The van der Waals surface area contributed by atoms with Crippen LogP contribution >= 0.6 is 0 Å². The standard InChI is InChI=1S/2C7H14N.C5H5.C4H9.Zr/c2*1-3-5-6-7-8-4-2;1-2-4-5-3-1;1-4(2)3;/h2*3H,1,4-7H2,2H3;1-3H,4H2;1-3H3;/q4*-1;+4. The second kappa shape index (κ2) is 35.8. The second-order valence-electron chi connectivity index (χ2n) is 5.89. The number of hydrogen-bond donors (Lipinski definition) is 0. The predicted octanol–water partition coefficient (Wildman–Crippen LogP) is 7.62. The van der Waals surface area contributed by atoms with Crippen LogP contribution in [0.25, 0.3) is 10.6 Å². The molecule has 0 saturated heterocycles. The first-order chi connectivity index (χ1) is 12.1. The normalized spacial score (nSPS) is 10.4. The van der Waals surface area contributed by atoms with E-state index in [0.29, 0.717) is 0 Å².